The van der Waals surface area contributed by atoms with Crippen LogP contribution in [0.4, 0.5) is 0 Å². The van der Waals surface area contributed by atoms with Crippen molar-refractivity contribution in [3.05, 3.63) is 47.3 Å². The van der Waals surface area contributed by atoms with E-state index in [-0.39, 0.29) is 29.9 Å². The molecule has 2 aromatic rings. The molecule has 3 rings (SSSR count). The number of para-hydroxylation sites is 1. The first-order valence-corrected chi connectivity index (χ1v) is 11.8. The summed E-state index contributed by atoms with van der Waals surface area (Å²) in [5, 5.41) is 11.6. The number of aromatic nitrogens is 2. The molecular weight excluding hydrogens is 527 g/mol. The zero-order chi connectivity index (χ0) is 23.1. The maximum atomic E-state index is 12.6. The van der Waals surface area contributed by atoms with E-state index >= 15 is 0 Å². The zero-order valence-electron chi connectivity index (χ0n) is 20.6. The lowest BCUT2D eigenvalue weighted by Crippen LogP contribution is -2.50. The lowest BCUT2D eigenvalue weighted by atomic mass is 9.98. The van der Waals surface area contributed by atoms with Crippen LogP contribution in [0.2, 0.25) is 0 Å². The number of carbonyl (C=O) groups is 1. The molecule has 182 valence electrons. The summed E-state index contributed by atoms with van der Waals surface area (Å²) in [6, 6.07) is 10.7. The maximum Gasteiger partial charge on any atom is 0.225 e. The monoisotopic (exact) mass is 566 g/mol. The van der Waals surface area contributed by atoms with Gasteiger partial charge in [0, 0.05) is 44.3 Å². The van der Waals surface area contributed by atoms with E-state index in [0.717, 1.165) is 67.4 Å². The fraction of sp³-hybridized carbons (Fsp3) is 0.560. The molecule has 1 aromatic heterocycles. The van der Waals surface area contributed by atoms with Crippen LogP contribution in [-0.2, 0) is 11.3 Å². The van der Waals surface area contributed by atoms with Crippen molar-refractivity contribution in [3.63, 3.8) is 0 Å². The van der Waals surface area contributed by atoms with Crippen molar-refractivity contribution in [1.82, 2.24) is 25.3 Å². The molecule has 1 aromatic carbocycles. The van der Waals surface area contributed by atoms with Gasteiger partial charge in [0.25, 0.3) is 0 Å². The average molecular weight is 567 g/mol. The summed E-state index contributed by atoms with van der Waals surface area (Å²) in [6.07, 6.45) is 3.72. The molecule has 2 heterocycles. The number of hydrogen-bond acceptors (Lipinski definition) is 3. The number of amides is 1. The van der Waals surface area contributed by atoms with Crippen LogP contribution in [0.3, 0.4) is 0 Å². The molecule has 1 aliphatic heterocycles. The van der Waals surface area contributed by atoms with E-state index in [9.17, 15) is 4.79 Å². The van der Waals surface area contributed by atoms with Crippen LogP contribution >= 0.6 is 24.0 Å². The van der Waals surface area contributed by atoms with E-state index in [0.29, 0.717) is 18.5 Å². The minimum Gasteiger partial charge on any atom is -0.354 e. The van der Waals surface area contributed by atoms with Crippen molar-refractivity contribution >= 4 is 35.8 Å². The van der Waals surface area contributed by atoms with E-state index < -0.39 is 0 Å². The predicted octanol–water partition coefficient (Wildman–Crippen LogP) is 4.20. The summed E-state index contributed by atoms with van der Waals surface area (Å²) in [5.74, 6) is 1.27. The molecule has 0 atom stereocenters. The Morgan fingerprint density at radius 1 is 1.18 bits per heavy atom. The maximum absolute atomic E-state index is 12.6. The van der Waals surface area contributed by atoms with Crippen molar-refractivity contribution in [1.29, 1.82) is 0 Å². The second kappa shape index (κ2) is 13.0. The molecule has 1 amide bonds. The van der Waals surface area contributed by atoms with Crippen LogP contribution in [0.25, 0.3) is 5.69 Å². The van der Waals surface area contributed by atoms with E-state index in [2.05, 4.69) is 65.8 Å². The Bertz CT molecular complexity index is 929. The first-order valence-electron chi connectivity index (χ1n) is 11.8. The van der Waals surface area contributed by atoms with Gasteiger partial charge < -0.3 is 15.5 Å². The smallest absolute Gasteiger partial charge is 0.225 e. The van der Waals surface area contributed by atoms with Crippen molar-refractivity contribution < 1.29 is 4.79 Å². The van der Waals surface area contributed by atoms with Gasteiger partial charge in [0.1, 0.15) is 0 Å². The SMILES string of the molecule is CCC(CC)C(=O)N1CCC(NC(=NC)NCc2ccccc2-n2nc(C)cc2C)CC1.I. The molecule has 8 heteroatoms. The minimum atomic E-state index is 0. The van der Waals surface area contributed by atoms with Gasteiger partial charge in [-0.2, -0.15) is 5.10 Å². The van der Waals surface area contributed by atoms with Crippen molar-refractivity contribution in [3.8, 4) is 5.69 Å². The number of hydrogen-bond donors (Lipinski definition) is 2. The Labute approximate surface area is 215 Å². The van der Waals surface area contributed by atoms with Gasteiger partial charge in [-0.1, -0.05) is 32.0 Å². The molecule has 2 N–H and O–H groups in total. The molecule has 0 bridgehead atoms. The molecular formula is C25H39IN6O. The van der Waals surface area contributed by atoms with Gasteiger partial charge in [-0.05, 0) is 57.2 Å². The van der Waals surface area contributed by atoms with Crippen molar-refractivity contribution in [2.75, 3.05) is 20.1 Å². The molecule has 0 unspecified atom stereocenters. The third kappa shape index (κ3) is 6.94. The van der Waals surface area contributed by atoms with E-state index in [1.807, 2.05) is 22.6 Å². The highest BCUT2D eigenvalue weighted by atomic mass is 127. The van der Waals surface area contributed by atoms with Crippen LogP contribution in [0.15, 0.2) is 35.3 Å². The molecule has 1 saturated heterocycles. The highest BCUT2D eigenvalue weighted by Crippen LogP contribution is 2.18. The first kappa shape index (κ1) is 27.1. The number of likely N-dealkylation sites (tertiary alicyclic amines) is 1. The zero-order valence-corrected chi connectivity index (χ0v) is 22.9. The Kier molecular flexibility index (Phi) is 10.7. The summed E-state index contributed by atoms with van der Waals surface area (Å²) in [6.45, 7) is 10.6. The lowest BCUT2D eigenvalue weighted by molar-refractivity contribution is -0.136. The van der Waals surface area contributed by atoms with Crippen molar-refractivity contribution in [2.45, 2.75) is 66.0 Å². The molecule has 33 heavy (non-hydrogen) atoms. The van der Waals surface area contributed by atoms with Gasteiger partial charge in [-0.3, -0.25) is 9.79 Å². The number of rotatable bonds is 7. The number of nitrogens with one attached hydrogen (secondary N) is 2. The summed E-state index contributed by atoms with van der Waals surface area (Å²) in [4.78, 5) is 19.1. The summed E-state index contributed by atoms with van der Waals surface area (Å²) in [7, 11) is 1.80. The van der Waals surface area contributed by atoms with Gasteiger partial charge >= 0.3 is 0 Å². The fourth-order valence-electron chi connectivity index (χ4n) is 4.45. The number of halogens is 1. The number of piperidine rings is 1. The van der Waals surface area contributed by atoms with Gasteiger partial charge in [-0.25, -0.2) is 4.68 Å². The topological polar surface area (TPSA) is 74.6 Å². The predicted molar refractivity (Wildman–Crippen MR) is 145 cm³/mol. The highest BCUT2D eigenvalue weighted by Gasteiger charge is 2.26. The summed E-state index contributed by atoms with van der Waals surface area (Å²) in [5.41, 5.74) is 4.37. The van der Waals surface area contributed by atoms with Gasteiger partial charge in [0.05, 0.1) is 11.4 Å². The minimum absolute atomic E-state index is 0. The Morgan fingerprint density at radius 2 is 1.85 bits per heavy atom. The molecule has 1 aliphatic rings. The van der Waals surface area contributed by atoms with Crippen molar-refractivity contribution in [2.24, 2.45) is 10.9 Å². The number of aryl methyl sites for hydroxylation is 2. The molecule has 0 spiro atoms. The number of aliphatic imine (C=N–C) groups is 1. The standard InChI is InChI=1S/C25H38N6O.HI/c1-6-20(7-2)24(32)30-14-12-22(13-15-30)28-25(26-5)27-17-21-10-8-9-11-23(21)31-19(4)16-18(3)29-31;/h8-11,16,20,22H,6-7,12-15,17H2,1-5H3,(H2,26,27,28);1H. The van der Waals surface area contributed by atoms with Gasteiger partial charge in [0.2, 0.25) is 5.91 Å². The van der Waals surface area contributed by atoms with Crippen LogP contribution in [0, 0.1) is 19.8 Å². The van der Waals surface area contributed by atoms with Crippen LogP contribution in [0.5, 0.6) is 0 Å². The number of nitrogens with zero attached hydrogens (tertiary/aromatic N) is 4. The Hall–Kier alpha value is -2.10. The van der Waals surface area contributed by atoms with Crippen LogP contribution in [0.1, 0.15) is 56.5 Å². The van der Waals surface area contributed by atoms with Crippen LogP contribution in [-0.4, -0.2) is 52.7 Å². The summed E-state index contributed by atoms with van der Waals surface area (Å²) >= 11 is 0. The molecule has 0 radical (unpaired) electrons. The lowest BCUT2D eigenvalue weighted by Gasteiger charge is -2.34. The van der Waals surface area contributed by atoms with Gasteiger partial charge in [-0.15, -0.1) is 24.0 Å². The molecule has 0 saturated carbocycles. The third-order valence-electron chi connectivity index (χ3n) is 6.38. The number of carbonyl (C=O) groups excluding carboxylic acids is 1. The average Bonchev–Trinajstić information content (AvgIpc) is 3.15. The third-order valence-corrected chi connectivity index (χ3v) is 6.38. The molecule has 0 aliphatic carbocycles. The first-order chi connectivity index (χ1) is 15.5. The summed E-state index contributed by atoms with van der Waals surface area (Å²) < 4.78 is 2.00. The van der Waals surface area contributed by atoms with E-state index in [1.165, 1.54) is 0 Å². The number of benzene rings is 1. The molecule has 7 nitrogen and oxygen atoms in total. The Balaban J connectivity index is 0.00000385. The quantitative estimate of drug-likeness (QED) is 0.300. The Morgan fingerprint density at radius 3 is 2.42 bits per heavy atom. The second-order valence-corrected chi connectivity index (χ2v) is 8.65. The van der Waals surface area contributed by atoms with E-state index in [1.54, 1.807) is 7.05 Å². The van der Waals surface area contributed by atoms with Crippen LogP contribution < -0.4 is 10.6 Å². The largest absolute Gasteiger partial charge is 0.354 e. The second-order valence-electron chi connectivity index (χ2n) is 8.65. The normalized spacial score (nSPS) is 14.8. The van der Waals surface area contributed by atoms with E-state index in [4.69, 9.17) is 0 Å². The number of guanidine groups is 1. The highest BCUT2D eigenvalue weighted by molar-refractivity contribution is 14.0. The fourth-order valence-corrected chi connectivity index (χ4v) is 4.45. The molecule has 1 fully saturated rings. The van der Waals surface area contributed by atoms with Gasteiger partial charge in [0.15, 0.2) is 5.96 Å².